The van der Waals surface area contributed by atoms with Crippen molar-refractivity contribution in [3.63, 3.8) is 0 Å². The Morgan fingerprint density at radius 3 is 2.92 bits per heavy atom. The van der Waals surface area contributed by atoms with Gasteiger partial charge in [-0.2, -0.15) is 0 Å². The van der Waals surface area contributed by atoms with E-state index in [0.29, 0.717) is 12.3 Å². The molecule has 0 saturated carbocycles. The maximum atomic E-state index is 11.3. The van der Waals surface area contributed by atoms with Gasteiger partial charge in [0, 0.05) is 0 Å². The van der Waals surface area contributed by atoms with Gasteiger partial charge in [-0.05, 0) is 25.7 Å². The van der Waals surface area contributed by atoms with Crippen LogP contribution in [0.3, 0.4) is 0 Å². The summed E-state index contributed by atoms with van der Waals surface area (Å²) in [5.41, 5.74) is 0. The van der Waals surface area contributed by atoms with E-state index >= 15 is 0 Å². The number of Topliss-reactive ketones (excluding diaryl/α,β-unsaturated/α-hetero) is 1. The van der Waals surface area contributed by atoms with E-state index in [4.69, 9.17) is 4.42 Å². The van der Waals surface area contributed by atoms with Gasteiger partial charge in [-0.15, -0.1) is 0 Å². The van der Waals surface area contributed by atoms with Crippen LogP contribution in [0.15, 0.2) is 22.8 Å². The van der Waals surface area contributed by atoms with Crippen LogP contribution < -0.4 is 0 Å². The Hall–Kier alpha value is -1.09. The van der Waals surface area contributed by atoms with E-state index in [9.17, 15) is 4.79 Å². The second kappa shape index (κ2) is 4.07. The van der Waals surface area contributed by atoms with Crippen molar-refractivity contribution < 1.29 is 9.21 Å². The van der Waals surface area contributed by atoms with Crippen LogP contribution in [0.1, 0.15) is 17.5 Å². The second-order valence-corrected chi connectivity index (χ2v) is 2.73. The molecule has 1 aromatic rings. The van der Waals surface area contributed by atoms with Gasteiger partial charge in [0.2, 0.25) is 5.78 Å². The quantitative estimate of drug-likeness (QED) is 0.636. The Balaban J connectivity index is 2.50. The summed E-state index contributed by atoms with van der Waals surface area (Å²) in [7, 11) is 1.90. The molecule has 0 aliphatic rings. The van der Waals surface area contributed by atoms with Gasteiger partial charge in [0.15, 0.2) is 5.76 Å². The summed E-state index contributed by atoms with van der Waals surface area (Å²) >= 11 is 0. The number of hydrogen-bond acceptors (Lipinski definition) is 3. The molecular formula is C9H13NO2. The van der Waals surface area contributed by atoms with Crippen LogP contribution in [-0.2, 0) is 0 Å². The Bertz CT molecular complexity index is 241. The number of carbonyl (C=O) groups excluding carboxylic acids is 1. The van der Waals surface area contributed by atoms with Crippen LogP contribution in [0, 0.1) is 0 Å². The van der Waals surface area contributed by atoms with E-state index in [1.165, 1.54) is 6.26 Å². The molecule has 0 aliphatic heterocycles. The van der Waals surface area contributed by atoms with Crippen molar-refractivity contribution in [1.82, 2.24) is 4.90 Å². The predicted octanol–water partition coefficient (Wildman–Crippen LogP) is 1.41. The van der Waals surface area contributed by atoms with Gasteiger partial charge in [-0.1, -0.05) is 6.92 Å². The zero-order valence-electron chi connectivity index (χ0n) is 7.41. The summed E-state index contributed by atoms with van der Waals surface area (Å²) < 4.78 is 4.96. The molecule has 12 heavy (non-hydrogen) atoms. The van der Waals surface area contributed by atoms with E-state index in [1.54, 1.807) is 12.1 Å². The third-order valence-corrected chi connectivity index (χ3v) is 1.75. The molecule has 0 spiro atoms. The fraction of sp³-hybridized carbons (Fsp3) is 0.444. The van der Waals surface area contributed by atoms with E-state index in [0.717, 1.165) is 6.54 Å². The molecule has 1 rings (SSSR count). The predicted molar refractivity (Wildman–Crippen MR) is 46.2 cm³/mol. The number of rotatable bonds is 4. The lowest BCUT2D eigenvalue weighted by atomic mass is 10.3. The van der Waals surface area contributed by atoms with Crippen molar-refractivity contribution in [2.45, 2.75) is 6.92 Å². The molecule has 0 unspecified atom stereocenters. The molecule has 3 heteroatoms. The molecule has 1 heterocycles. The van der Waals surface area contributed by atoms with E-state index in [-0.39, 0.29) is 5.78 Å². The van der Waals surface area contributed by atoms with E-state index < -0.39 is 0 Å². The Labute approximate surface area is 72.0 Å². The molecule has 0 radical (unpaired) electrons. The SMILES string of the molecule is CCN(C)CC(=O)c1ccco1. The number of likely N-dealkylation sites (N-methyl/N-ethyl adjacent to an activating group) is 1. The lowest BCUT2D eigenvalue weighted by molar-refractivity contribution is 0.0921. The minimum absolute atomic E-state index is 0.0318. The number of nitrogens with zero attached hydrogens (tertiary/aromatic N) is 1. The number of furan rings is 1. The molecule has 0 bridgehead atoms. The molecule has 0 fully saturated rings. The molecular weight excluding hydrogens is 154 g/mol. The van der Waals surface area contributed by atoms with Crippen molar-refractivity contribution in [3.05, 3.63) is 24.2 Å². The van der Waals surface area contributed by atoms with Crippen molar-refractivity contribution in [1.29, 1.82) is 0 Å². The highest BCUT2D eigenvalue weighted by Gasteiger charge is 2.09. The number of ketones is 1. The highest BCUT2D eigenvalue weighted by molar-refractivity contribution is 5.94. The first kappa shape index (κ1) is 9.00. The van der Waals surface area contributed by atoms with Gasteiger partial charge in [0.25, 0.3) is 0 Å². The van der Waals surface area contributed by atoms with Gasteiger partial charge in [0.05, 0.1) is 12.8 Å². The monoisotopic (exact) mass is 167 g/mol. The summed E-state index contributed by atoms with van der Waals surface area (Å²) in [6.45, 7) is 3.30. The van der Waals surface area contributed by atoms with Crippen molar-refractivity contribution in [3.8, 4) is 0 Å². The van der Waals surface area contributed by atoms with Crippen LogP contribution in [0.4, 0.5) is 0 Å². The summed E-state index contributed by atoms with van der Waals surface area (Å²) in [6, 6.07) is 3.41. The molecule has 0 N–H and O–H groups in total. The summed E-state index contributed by atoms with van der Waals surface area (Å²) in [6.07, 6.45) is 1.51. The fourth-order valence-corrected chi connectivity index (χ4v) is 0.872. The minimum atomic E-state index is 0.0318. The van der Waals surface area contributed by atoms with Gasteiger partial charge < -0.3 is 4.42 Å². The second-order valence-electron chi connectivity index (χ2n) is 2.73. The molecule has 1 aromatic heterocycles. The van der Waals surface area contributed by atoms with Crippen LogP contribution in [-0.4, -0.2) is 30.8 Å². The molecule has 3 nitrogen and oxygen atoms in total. The average Bonchev–Trinajstić information content (AvgIpc) is 2.56. The minimum Gasteiger partial charge on any atom is -0.461 e. The first-order valence-corrected chi connectivity index (χ1v) is 3.99. The number of carbonyl (C=O) groups is 1. The van der Waals surface area contributed by atoms with Crippen LogP contribution in [0.2, 0.25) is 0 Å². The summed E-state index contributed by atoms with van der Waals surface area (Å²) in [5, 5.41) is 0. The van der Waals surface area contributed by atoms with Gasteiger partial charge >= 0.3 is 0 Å². The Morgan fingerprint density at radius 1 is 1.67 bits per heavy atom. The fourth-order valence-electron chi connectivity index (χ4n) is 0.872. The van der Waals surface area contributed by atoms with Gasteiger partial charge in [0.1, 0.15) is 0 Å². The molecule has 0 saturated heterocycles. The largest absolute Gasteiger partial charge is 0.461 e. The Kier molecular flexibility index (Phi) is 3.05. The van der Waals surface area contributed by atoms with Crippen molar-refractivity contribution >= 4 is 5.78 Å². The molecule has 0 aromatic carbocycles. The normalized spacial score (nSPS) is 10.6. The lowest BCUT2D eigenvalue weighted by Crippen LogP contribution is -2.25. The van der Waals surface area contributed by atoms with Gasteiger partial charge in [-0.25, -0.2) is 0 Å². The van der Waals surface area contributed by atoms with Crippen LogP contribution >= 0.6 is 0 Å². The van der Waals surface area contributed by atoms with E-state index in [1.807, 2.05) is 18.9 Å². The molecule has 0 aliphatic carbocycles. The zero-order chi connectivity index (χ0) is 8.97. The van der Waals surface area contributed by atoms with Crippen LogP contribution in [0.25, 0.3) is 0 Å². The summed E-state index contributed by atoms with van der Waals surface area (Å²) in [5.74, 6) is 0.472. The topological polar surface area (TPSA) is 33.5 Å². The third-order valence-electron chi connectivity index (χ3n) is 1.75. The van der Waals surface area contributed by atoms with Crippen molar-refractivity contribution in [2.24, 2.45) is 0 Å². The van der Waals surface area contributed by atoms with Gasteiger partial charge in [-0.3, -0.25) is 9.69 Å². The third kappa shape index (κ3) is 2.20. The maximum Gasteiger partial charge on any atom is 0.211 e. The standard InChI is InChI=1S/C9H13NO2/c1-3-10(2)7-8(11)9-5-4-6-12-9/h4-6H,3,7H2,1-2H3. The molecule has 0 amide bonds. The Morgan fingerprint density at radius 2 is 2.42 bits per heavy atom. The van der Waals surface area contributed by atoms with E-state index in [2.05, 4.69) is 0 Å². The zero-order valence-corrected chi connectivity index (χ0v) is 7.41. The van der Waals surface area contributed by atoms with Crippen molar-refractivity contribution in [2.75, 3.05) is 20.1 Å². The average molecular weight is 167 g/mol. The first-order valence-electron chi connectivity index (χ1n) is 3.99. The number of hydrogen-bond donors (Lipinski definition) is 0. The molecule has 0 atom stereocenters. The summed E-state index contributed by atoms with van der Waals surface area (Å²) in [4.78, 5) is 13.3. The van der Waals surface area contributed by atoms with Crippen LogP contribution in [0.5, 0.6) is 0 Å². The lowest BCUT2D eigenvalue weighted by Gasteiger charge is -2.10. The molecule has 66 valence electrons. The highest BCUT2D eigenvalue weighted by atomic mass is 16.3. The highest BCUT2D eigenvalue weighted by Crippen LogP contribution is 2.01. The maximum absolute atomic E-state index is 11.3. The smallest absolute Gasteiger partial charge is 0.211 e. The first-order chi connectivity index (χ1) is 5.74.